The van der Waals surface area contributed by atoms with Crippen molar-refractivity contribution in [2.24, 2.45) is 0 Å². The summed E-state index contributed by atoms with van der Waals surface area (Å²) < 4.78 is 5.30. The molecule has 0 saturated heterocycles. The largest absolute Gasteiger partial charge is 0.497 e. The van der Waals surface area contributed by atoms with Crippen molar-refractivity contribution in [1.82, 2.24) is 5.32 Å². The first-order valence-electron chi connectivity index (χ1n) is 7.71. The normalized spacial score (nSPS) is 20.1. The molecule has 1 aromatic rings. The number of ether oxygens (including phenoxy) is 1. The van der Waals surface area contributed by atoms with Crippen LogP contribution >= 0.6 is 0 Å². The number of hydrogen-bond acceptors (Lipinski definition) is 3. The Labute approximate surface area is 122 Å². The molecule has 112 valence electrons. The quantitative estimate of drug-likeness (QED) is 0.812. The molecule has 1 aliphatic rings. The van der Waals surface area contributed by atoms with Crippen LogP contribution in [0.25, 0.3) is 0 Å². The van der Waals surface area contributed by atoms with E-state index in [0.29, 0.717) is 6.04 Å². The van der Waals surface area contributed by atoms with Gasteiger partial charge in [-0.05, 0) is 37.5 Å². The Morgan fingerprint density at radius 3 is 2.55 bits per heavy atom. The smallest absolute Gasteiger partial charge is 0.119 e. The lowest BCUT2D eigenvalue weighted by Crippen LogP contribution is -2.48. The first-order chi connectivity index (χ1) is 9.68. The maximum Gasteiger partial charge on any atom is 0.119 e. The van der Waals surface area contributed by atoms with Crippen LogP contribution in [0.4, 0.5) is 0 Å². The van der Waals surface area contributed by atoms with Crippen molar-refractivity contribution in [1.29, 1.82) is 0 Å². The Hall–Kier alpha value is -1.06. The van der Waals surface area contributed by atoms with E-state index >= 15 is 0 Å². The van der Waals surface area contributed by atoms with Crippen LogP contribution in [-0.4, -0.2) is 24.9 Å². The summed E-state index contributed by atoms with van der Waals surface area (Å²) in [5, 5.41) is 13.6. The van der Waals surface area contributed by atoms with Gasteiger partial charge in [0.25, 0.3) is 0 Å². The fourth-order valence-corrected chi connectivity index (χ4v) is 3.06. The maximum absolute atomic E-state index is 9.90. The van der Waals surface area contributed by atoms with Crippen LogP contribution < -0.4 is 10.1 Å². The molecule has 1 fully saturated rings. The lowest BCUT2D eigenvalue weighted by Gasteiger charge is -2.34. The Morgan fingerprint density at radius 2 is 1.95 bits per heavy atom. The van der Waals surface area contributed by atoms with Crippen LogP contribution in [0.1, 0.15) is 51.0 Å². The van der Waals surface area contributed by atoms with E-state index in [2.05, 4.69) is 18.3 Å². The molecule has 1 aromatic carbocycles. The molecule has 20 heavy (non-hydrogen) atoms. The summed E-state index contributed by atoms with van der Waals surface area (Å²) in [6, 6.07) is 8.49. The van der Waals surface area contributed by atoms with Crippen LogP contribution in [0.15, 0.2) is 24.3 Å². The first-order valence-corrected chi connectivity index (χ1v) is 7.71. The van der Waals surface area contributed by atoms with Crippen molar-refractivity contribution in [2.75, 3.05) is 13.7 Å². The van der Waals surface area contributed by atoms with Crippen LogP contribution in [0, 0.1) is 0 Å². The van der Waals surface area contributed by atoms with E-state index in [-0.39, 0.29) is 6.61 Å². The van der Waals surface area contributed by atoms with E-state index in [1.807, 2.05) is 18.2 Å². The third kappa shape index (κ3) is 3.74. The van der Waals surface area contributed by atoms with E-state index in [9.17, 15) is 5.11 Å². The number of rotatable bonds is 5. The summed E-state index contributed by atoms with van der Waals surface area (Å²) in [7, 11) is 1.67. The molecule has 0 radical (unpaired) electrons. The van der Waals surface area contributed by atoms with Crippen LogP contribution in [0.2, 0.25) is 0 Å². The molecule has 0 bridgehead atoms. The molecule has 2 N–H and O–H groups in total. The Balaban J connectivity index is 2.14. The van der Waals surface area contributed by atoms with Gasteiger partial charge in [0.1, 0.15) is 5.75 Å². The zero-order chi connectivity index (χ0) is 14.4. The minimum atomic E-state index is -0.399. The monoisotopic (exact) mass is 277 g/mol. The second-order valence-corrected chi connectivity index (χ2v) is 6.06. The van der Waals surface area contributed by atoms with Crippen LogP contribution in [0.5, 0.6) is 5.75 Å². The molecular formula is C17H27NO2. The van der Waals surface area contributed by atoms with Crippen molar-refractivity contribution in [3.05, 3.63) is 29.8 Å². The lowest BCUT2D eigenvalue weighted by atomic mass is 9.90. The minimum absolute atomic E-state index is 0.0939. The Bertz CT molecular complexity index is 413. The molecule has 0 amide bonds. The molecule has 0 spiro atoms. The molecular weight excluding hydrogens is 250 g/mol. The number of methoxy groups -OCH3 is 1. The molecule has 0 aromatic heterocycles. The SMILES string of the molecule is COc1cccc(C(C)(CO)NC2CCCCCC2)c1. The molecule has 0 aliphatic heterocycles. The van der Waals surface area contributed by atoms with Crippen molar-refractivity contribution in [3.8, 4) is 5.75 Å². The molecule has 0 heterocycles. The highest BCUT2D eigenvalue weighted by atomic mass is 16.5. The zero-order valence-corrected chi connectivity index (χ0v) is 12.7. The standard InChI is InChI=1S/C17H27NO2/c1-17(13-19,14-8-7-11-16(12-14)20-2)18-15-9-5-3-4-6-10-15/h7-8,11-12,15,18-19H,3-6,9-10,13H2,1-2H3. The highest BCUT2D eigenvalue weighted by molar-refractivity contribution is 5.33. The summed E-state index contributed by atoms with van der Waals surface area (Å²) in [6.45, 7) is 2.17. The van der Waals surface area contributed by atoms with Crippen LogP contribution in [0.3, 0.4) is 0 Å². The van der Waals surface area contributed by atoms with Crippen molar-refractivity contribution >= 4 is 0 Å². The second-order valence-electron chi connectivity index (χ2n) is 6.06. The summed E-state index contributed by atoms with van der Waals surface area (Å²) >= 11 is 0. The third-order valence-electron chi connectivity index (χ3n) is 4.40. The first kappa shape index (κ1) is 15.3. The fourth-order valence-electron chi connectivity index (χ4n) is 3.06. The average Bonchev–Trinajstić information content (AvgIpc) is 2.75. The van der Waals surface area contributed by atoms with Crippen molar-refractivity contribution in [2.45, 2.75) is 57.0 Å². The molecule has 1 saturated carbocycles. The lowest BCUT2D eigenvalue weighted by molar-refractivity contribution is 0.156. The van der Waals surface area contributed by atoms with Gasteiger partial charge < -0.3 is 15.2 Å². The Morgan fingerprint density at radius 1 is 1.25 bits per heavy atom. The predicted octanol–water partition coefficient (Wildman–Crippen LogP) is 3.22. The number of nitrogens with one attached hydrogen (secondary N) is 1. The maximum atomic E-state index is 9.90. The van der Waals surface area contributed by atoms with E-state index in [1.165, 1.54) is 38.5 Å². The summed E-state index contributed by atoms with van der Waals surface area (Å²) in [4.78, 5) is 0. The van der Waals surface area contributed by atoms with Gasteiger partial charge in [0.05, 0.1) is 19.3 Å². The Kier molecular flexibility index (Phi) is 5.44. The second kappa shape index (κ2) is 7.09. The van der Waals surface area contributed by atoms with Gasteiger partial charge in [0.15, 0.2) is 0 Å². The van der Waals surface area contributed by atoms with Gasteiger partial charge in [-0.1, -0.05) is 37.8 Å². The van der Waals surface area contributed by atoms with Gasteiger partial charge in [-0.3, -0.25) is 0 Å². The van der Waals surface area contributed by atoms with E-state index in [0.717, 1.165) is 11.3 Å². The molecule has 1 atom stereocenters. The number of aliphatic hydroxyl groups is 1. The van der Waals surface area contributed by atoms with E-state index < -0.39 is 5.54 Å². The van der Waals surface area contributed by atoms with Gasteiger partial charge in [0.2, 0.25) is 0 Å². The van der Waals surface area contributed by atoms with Gasteiger partial charge in [-0.15, -0.1) is 0 Å². The van der Waals surface area contributed by atoms with Crippen molar-refractivity contribution in [3.63, 3.8) is 0 Å². The van der Waals surface area contributed by atoms with Gasteiger partial charge in [-0.25, -0.2) is 0 Å². The molecule has 3 nitrogen and oxygen atoms in total. The van der Waals surface area contributed by atoms with E-state index in [1.54, 1.807) is 7.11 Å². The predicted molar refractivity (Wildman–Crippen MR) is 82.1 cm³/mol. The highest BCUT2D eigenvalue weighted by Crippen LogP contribution is 2.27. The number of aliphatic hydroxyl groups excluding tert-OH is 1. The molecule has 3 heteroatoms. The number of hydrogen-bond donors (Lipinski definition) is 2. The highest BCUT2D eigenvalue weighted by Gasteiger charge is 2.29. The average molecular weight is 277 g/mol. The number of benzene rings is 1. The third-order valence-corrected chi connectivity index (χ3v) is 4.40. The molecule has 1 unspecified atom stereocenters. The van der Waals surface area contributed by atoms with Crippen molar-refractivity contribution < 1.29 is 9.84 Å². The van der Waals surface area contributed by atoms with Gasteiger partial charge >= 0.3 is 0 Å². The topological polar surface area (TPSA) is 41.5 Å². The summed E-state index contributed by atoms with van der Waals surface area (Å²) in [6.07, 6.45) is 7.67. The summed E-state index contributed by atoms with van der Waals surface area (Å²) in [5.41, 5.74) is 0.687. The van der Waals surface area contributed by atoms with E-state index in [4.69, 9.17) is 4.74 Å². The van der Waals surface area contributed by atoms with Crippen LogP contribution in [-0.2, 0) is 5.54 Å². The molecule has 2 rings (SSSR count). The zero-order valence-electron chi connectivity index (χ0n) is 12.7. The van der Waals surface area contributed by atoms with Gasteiger partial charge in [0, 0.05) is 6.04 Å². The van der Waals surface area contributed by atoms with Gasteiger partial charge in [-0.2, -0.15) is 0 Å². The fraction of sp³-hybridized carbons (Fsp3) is 0.647. The molecule has 1 aliphatic carbocycles. The summed E-state index contributed by atoms with van der Waals surface area (Å²) in [5.74, 6) is 0.838. The minimum Gasteiger partial charge on any atom is -0.497 e.